The molecule has 0 radical (unpaired) electrons. The van der Waals surface area contributed by atoms with E-state index in [1.807, 2.05) is 49.4 Å². The molecule has 0 bridgehead atoms. The van der Waals surface area contributed by atoms with Crippen LogP contribution in [0, 0.1) is 11.3 Å². The van der Waals surface area contributed by atoms with Gasteiger partial charge in [-0.3, -0.25) is 4.79 Å². The Bertz CT molecular complexity index is 628. The molecular formula is C18H19BrO3. The highest BCUT2D eigenvalue weighted by molar-refractivity contribution is 9.10. The van der Waals surface area contributed by atoms with Crippen molar-refractivity contribution < 1.29 is 15.0 Å². The molecule has 0 aromatic heterocycles. The van der Waals surface area contributed by atoms with Gasteiger partial charge in [0.05, 0.1) is 12.5 Å². The van der Waals surface area contributed by atoms with Crippen molar-refractivity contribution in [3.8, 4) is 0 Å². The van der Waals surface area contributed by atoms with Crippen LogP contribution in [0.15, 0.2) is 59.1 Å². The van der Waals surface area contributed by atoms with Crippen LogP contribution in [0.1, 0.15) is 18.9 Å². The van der Waals surface area contributed by atoms with Gasteiger partial charge in [-0.05, 0) is 29.7 Å². The average Bonchev–Trinajstić information content (AvgIpc) is 2.49. The van der Waals surface area contributed by atoms with Gasteiger partial charge >= 0.3 is 5.97 Å². The lowest BCUT2D eigenvalue weighted by atomic mass is 9.71. The normalized spacial score (nSPS) is 24.5. The fraction of sp³-hybridized carbons (Fsp3) is 0.278. The Morgan fingerprint density at radius 2 is 2.00 bits per heavy atom. The van der Waals surface area contributed by atoms with E-state index in [2.05, 4.69) is 15.9 Å². The van der Waals surface area contributed by atoms with E-state index in [1.165, 1.54) is 0 Å². The summed E-state index contributed by atoms with van der Waals surface area (Å²) in [6, 6.07) is 7.70. The summed E-state index contributed by atoms with van der Waals surface area (Å²) in [5, 5.41) is 19.0. The topological polar surface area (TPSA) is 57.5 Å². The third kappa shape index (κ3) is 3.76. The van der Waals surface area contributed by atoms with E-state index in [0.717, 1.165) is 15.6 Å². The first-order chi connectivity index (χ1) is 10.5. The quantitative estimate of drug-likeness (QED) is 0.830. The van der Waals surface area contributed by atoms with Crippen LogP contribution in [0.25, 0.3) is 5.57 Å². The SMILES string of the molecule is CC1(C/C=C(\CO)c2ccc(Br)cc2)C=CC=CC1C(=O)O. The van der Waals surface area contributed by atoms with E-state index < -0.39 is 17.3 Å². The zero-order valence-corrected chi connectivity index (χ0v) is 14.0. The van der Waals surface area contributed by atoms with Crippen molar-refractivity contribution in [1.82, 2.24) is 0 Å². The molecule has 0 saturated heterocycles. The fourth-order valence-corrected chi connectivity index (χ4v) is 2.88. The number of carboxylic acids is 1. The van der Waals surface area contributed by atoms with E-state index in [0.29, 0.717) is 6.42 Å². The number of allylic oxidation sites excluding steroid dienone is 4. The van der Waals surface area contributed by atoms with Crippen LogP contribution in [0.3, 0.4) is 0 Å². The molecular weight excluding hydrogens is 344 g/mol. The van der Waals surface area contributed by atoms with Crippen molar-refractivity contribution in [1.29, 1.82) is 0 Å². The Balaban J connectivity index is 2.23. The predicted molar refractivity (Wildman–Crippen MR) is 91.3 cm³/mol. The van der Waals surface area contributed by atoms with Crippen molar-refractivity contribution in [2.24, 2.45) is 11.3 Å². The van der Waals surface area contributed by atoms with Crippen LogP contribution in [0.4, 0.5) is 0 Å². The number of aliphatic hydroxyl groups excluding tert-OH is 1. The highest BCUT2D eigenvalue weighted by atomic mass is 79.9. The van der Waals surface area contributed by atoms with Gasteiger partial charge in [-0.2, -0.15) is 0 Å². The number of carbonyl (C=O) groups is 1. The zero-order valence-electron chi connectivity index (χ0n) is 12.4. The Morgan fingerprint density at radius 1 is 1.32 bits per heavy atom. The van der Waals surface area contributed by atoms with Gasteiger partial charge in [-0.25, -0.2) is 0 Å². The van der Waals surface area contributed by atoms with Crippen LogP contribution < -0.4 is 0 Å². The van der Waals surface area contributed by atoms with E-state index >= 15 is 0 Å². The Hall–Kier alpha value is -1.65. The summed E-state index contributed by atoms with van der Waals surface area (Å²) in [7, 11) is 0. The standard InChI is InChI=1S/C18H19BrO3/c1-18(10-3-2-4-16(18)17(21)22)11-9-14(12-20)13-5-7-15(19)8-6-13/h2-10,16,20H,11-12H2,1H3,(H,21,22)/b14-9+. The van der Waals surface area contributed by atoms with E-state index in [-0.39, 0.29) is 6.61 Å². The number of hydrogen-bond acceptors (Lipinski definition) is 2. The third-order valence-corrected chi connectivity index (χ3v) is 4.57. The second kappa shape index (κ2) is 7.07. The summed E-state index contributed by atoms with van der Waals surface area (Å²) in [5.41, 5.74) is 1.26. The first-order valence-electron chi connectivity index (χ1n) is 7.11. The minimum Gasteiger partial charge on any atom is -0.481 e. The molecule has 0 aliphatic heterocycles. The summed E-state index contributed by atoms with van der Waals surface area (Å²) < 4.78 is 0.979. The molecule has 2 rings (SSSR count). The molecule has 0 spiro atoms. The van der Waals surface area contributed by atoms with Crippen LogP contribution >= 0.6 is 15.9 Å². The predicted octanol–water partition coefficient (Wildman–Crippen LogP) is 4.05. The van der Waals surface area contributed by atoms with Gasteiger partial charge < -0.3 is 10.2 Å². The minimum absolute atomic E-state index is 0.0744. The molecule has 3 nitrogen and oxygen atoms in total. The number of benzene rings is 1. The number of hydrogen-bond donors (Lipinski definition) is 2. The number of aliphatic hydroxyl groups is 1. The fourth-order valence-electron chi connectivity index (χ4n) is 2.61. The second-order valence-electron chi connectivity index (χ2n) is 5.66. The number of carboxylic acid groups (broad SMARTS) is 1. The number of rotatable bonds is 5. The highest BCUT2D eigenvalue weighted by Gasteiger charge is 2.35. The molecule has 1 aliphatic carbocycles. The summed E-state index contributed by atoms with van der Waals surface area (Å²) in [6.45, 7) is 1.86. The molecule has 1 aromatic carbocycles. The number of halogens is 1. The summed E-state index contributed by atoms with van der Waals surface area (Å²) in [6.07, 6.45) is 9.78. The molecule has 2 atom stereocenters. The van der Waals surface area contributed by atoms with Gasteiger partial charge in [0.15, 0.2) is 0 Å². The molecule has 22 heavy (non-hydrogen) atoms. The van der Waals surface area contributed by atoms with E-state index in [1.54, 1.807) is 12.2 Å². The maximum Gasteiger partial charge on any atom is 0.311 e. The molecule has 0 fully saturated rings. The average molecular weight is 363 g/mol. The summed E-state index contributed by atoms with van der Waals surface area (Å²) in [5.74, 6) is -1.38. The van der Waals surface area contributed by atoms with Gasteiger partial charge in [0.1, 0.15) is 0 Å². The third-order valence-electron chi connectivity index (χ3n) is 4.04. The van der Waals surface area contributed by atoms with Gasteiger partial charge in [0.2, 0.25) is 0 Å². The smallest absolute Gasteiger partial charge is 0.311 e. The lowest BCUT2D eigenvalue weighted by molar-refractivity contribution is -0.142. The van der Waals surface area contributed by atoms with E-state index in [9.17, 15) is 15.0 Å². The van der Waals surface area contributed by atoms with Gasteiger partial charge in [0.25, 0.3) is 0 Å². The van der Waals surface area contributed by atoms with Crippen molar-refractivity contribution in [2.45, 2.75) is 13.3 Å². The van der Waals surface area contributed by atoms with Crippen LogP contribution in [-0.4, -0.2) is 22.8 Å². The Kier molecular flexibility index (Phi) is 5.37. The Morgan fingerprint density at radius 3 is 2.59 bits per heavy atom. The lowest BCUT2D eigenvalue weighted by Crippen LogP contribution is -2.31. The molecule has 1 aromatic rings. The van der Waals surface area contributed by atoms with Gasteiger partial charge in [-0.1, -0.05) is 65.4 Å². The molecule has 4 heteroatoms. The molecule has 2 N–H and O–H groups in total. The maximum atomic E-state index is 11.4. The van der Waals surface area contributed by atoms with Gasteiger partial charge in [0, 0.05) is 9.89 Å². The summed E-state index contributed by atoms with van der Waals surface area (Å²) in [4.78, 5) is 11.4. The molecule has 1 aliphatic rings. The molecule has 116 valence electrons. The maximum absolute atomic E-state index is 11.4. The first kappa shape index (κ1) is 16.7. The Labute approximate surface area is 138 Å². The molecule has 2 unspecified atom stereocenters. The first-order valence-corrected chi connectivity index (χ1v) is 7.90. The van der Waals surface area contributed by atoms with Crippen LogP contribution in [0.5, 0.6) is 0 Å². The molecule has 0 amide bonds. The number of aliphatic carboxylic acids is 1. The second-order valence-corrected chi connectivity index (χ2v) is 6.58. The van der Waals surface area contributed by atoms with E-state index in [4.69, 9.17) is 0 Å². The van der Waals surface area contributed by atoms with Crippen molar-refractivity contribution in [3.63, 3.8) is 0 Å². The van der Waals surface area contributed by atoms with Crippen molar-refractivity contribution in [3.05, 3.63) is 64.7 Å². The van der Waals surface area contributed by atoms with Crippen molar-refractivity contribution >= 4 is 27.5 Å². The molecule has 0 heterocycles. The van der Waals surface area contributed by atoms with Crippen molar-refractivity contribution in [2.75, 3.05) is 6.61 Å². The molecule has 0 saturated carbocycles. The minimum atomic E-state index is -0.828. The van der Waals surface area contributed by atoms with Crippen LogP contribution in [-0.2, 0) is 4.79 Å². The van der Waals surface area contributed by atoms with Gasteiger partial charge in [-0.15, -0.1) is 0 Å². The largest absolute Gasteiger partial charge is 0.481 e. The highest BCUT2D eigenvalue weighted by Crippen LogP contribution is 2.38. The summed E-state index contributed by atoms with van der Waals surface area (Å²) >= 11 is 3.39. The zero-order chi connectivity index (χ0) is 16.2. The monoisotopic (exact) mass is 362 g/mol. The van der Waals surface area contributed by atoms with Crippen LogP contribution in [0.2, 0.25) is 0 Å². The lowest BCUT2D eigenvalue weighted by Gasteiger charge is -2.31.